The van der Waals surface area contributed by atoms with Crippen molar-refractivity contribution in [2.45, 2.75) is 68.6 Å². The smallest absolute Gasteiger partial charge is 0.430 e. The maximum Gasteiger partial charge on any atom is 0.436 e. The standard InChI is InChI=1S/C20H29BBrNO4/c1-26-20-11-8-19(9-12-20,10-13-20)16-6-4-15(5-7-16)18(24)23-17(27-21-25)3-2-14-22/h4-7,17,21,25H,2-3,8-14H2,1H3,(H,23,24)/t17-,19?,20?/m1/s1. The highest BCUT2D eigenvalue weighted by atomic mass is 79.9. The van der Waals surface area contributed by atoms with Crippen molar-refractivity contribution in [1.82, 2.24) is 5.32 Å². The summed E-state index contributed by atoms with van der Waals surface area (Å²) in [5, 5.41) is 12.7. The first-order valence-electron chi connectivity index (χ1n) is 9.81. The number of fused-ring (bicyclic) bond motifs is 3. The Labute approximate surface area is 170 Å². The van der Waals surface area contributed by atoms with Gasteiger partial charge in [0.05, 0.1) is 5.60 Å². The van der Waals surface area contributed by atoms with E-state index in [0.717, 1.165) is 50.3 Å². The van der Waals surface area contributed by atoms with Crippen molar-refractivity contribution in [3.63, 3.8) is 0 Å². The van der Waals surface area contributed by atoms with E-state index in [1.165, 1.54) is 5.56 Å². The minimum Gasteiger partial charge on any atom is -0.430 e. The Morgan fingerprint density at radius 1 is 1.22 bits per heavy atom. The summed E-state index contributed by atoms with van der Waals surface area (Å²) in [6.07, 6.45) is 7.88. The molecule has 2 bridgehead atoms. The van der Waals surface area contributed by atoms with Crippen LogP contribution in [0.3, 0.4) is 0 Å². The number of nitrogens with one attached hydrogen (secondary N) is 1. The zero-order valence-corrected chi connectivity index (χ0v) is 17.6. The van der Waals surface area contributed by atoms with Crippen LogP contribution in [-0.2, 0) is 14.8 Å². The number of rotatable bonds is 9. The second-order valence-corrected chi connectivity index (χ2v) is 8.63. The lowest BCUT2D eigenvalue weighted by atomic mass is 9.56. The molecular weight excluding hydrogens is 409 g/mol. The fraction of sp³-hybridized carbons (Fsp3) is 0.650. The van der Waals surface area contributed by atoms with Crippen LogP contribution in [0, 0.1) is 0 Å². The van der Waals surface area contributed by atoms with Crippen molar-refractivity contribution < 1.29 is 19.2 Å². The zero-order chi connectivity index (χ0) is 19.3. The first-order valence-corrected chi connectivity index (χ1v) is 10.9. The molecule has 0 spiro atoms. The lowest BCUT2D eigenvalue weighted by Crippen LogP contribution is -2.49. The molecular formula is C20H29BBrNO4. The first kappa shape index (κ1) is 20.8. The van der Waals surface area contributed by atoms with Crippen molar-refractivity contribution in [2.75, 3.05) is 12.4 Å². The number of hydrogen-bond acceptors (Lipinski definition) is 4. The van der Waals surface area contributed by atoms with E-state index in [9.17, 15) is 4.79 Å². The summed E-state index contributed by atoms with van der Waals surface area (Å²) in [6.45, 7) is 0. The zero-order valence-electron chi connectivity index (χ0n) is 16.0. The second-order valence-electron chi connectivity index (χ2n) is 7.83. The van der Waals surface area contributed by atoms with E-state index in [1.54, 1.807) is 0 Å². The largest absolute Gasteiger partial charge is 0.436 e. The van der Waals surface area contributed by atoms with E-state index in [-0.39, 0.29) is 16.9 Å². The summed E-state index contributed by atoms with van der Waals surface area (Å²) >= 11 is 3.37. The van der Waals surface area contributed by atoms with Gasteiger partial charge < -0.3 is 19.7 Å². The maximum absolute atomic E-state index is 12.5. The number of ether oxygens (including phenoxy) is 1. The molecule has 5 nitrogen and oxygen atoms in total. The van der Waals surface area contributed by atoms with Crippen molar-refractivity contribution in [3.05, 3.63) is 35.4 Å². The summed E-state index contributed by atoms with van der Waals surface area (Å²) < 4.78 is 11.0. The second kappa shape index (κ2) is 9.08. The van der Waals surface area contributed by atoms with Crippen molar-refractivity contribution in [3.8, 4) is 0 Å². The van der Waals surface area contributed by atoms with Crippen LogP contribution in [0.2, 0.25) is 0 Å². The fourth-order valence-electron chi connectivity index (χ4n) is 4.64. The maximum atomic E-state index is 12.5. The molecule has 7 heteroatoms. The minimum absolute atomic E-state index is 0.110. The van der Waals surface area contributed by atoms with Gasteiger partial charge >= 0.3 is 7.69 Å². The molecule has 0 heterocycles. The summed E-state index contributed by atoms with van der Waals surface area (Å²) in [4.78, 5) is 12.5. The van der Waals surface area contributed by atoms with Crippen LogP contribution in [0.5, 0.6) is 0 Å². The molecule has 0 aromatic heterocycles. The summed E-state index contributed by atoms with van der Waals surface area (Å²) in [5.74, 6) is -0.169. The van der Waals surface area contributed by atoms with Crippen LogP contribution in [0.4, 0.5) is 0 Å². The molecule has 2 N–H and O–H groups in total. The van der Waals surface area contributed by atoms with E-state index in [4.69, 9.17) is 14.4 Å². The van der Waals surface area contributed by atoms with Crippen LogP contribution in [0.15, 0.2) is 24.3 Å². The molecule has 3 aliphatic carbocycles. The summed E-state index contributed by atoms with van der Waals surface area (Å²) in [5.41, 5.74) is 2.32. The lowest BCUT2D eigenvalue weighted by Gasteiger charge is -2.53. The van der Waals surface area contributed by atoms with Crippen LogP contribution in [0.25, 0.3) is 0 Å². The highest BCUT2D eigenvalue weighted by Crippen LogP contribution is 2.54. The third-order valence-electron chi connectivity index (χ3n) is 6.54. The Kier molecular flexibility index (Phi) is 7.00. The predicted octanol–water partition coefficient (Wildman–Crippen LogP) is 3.18. The SMILES string of the molecule is COC12CCC(c3ccc(C(=O)N[C@@H](CCCBr)OBO)cc3)(CC1)CC2. The van der Waals surface area contributed by atoms with Gasteiger partial charge in [-0.25, -0.2) is 0 Å². The van der Waals surface area contributed by atoms with E-state index in [2.05, 4.69) is 33.4 Å². The van der Waals surface area contributed by atoms with Gasteiger partial charge in [0.1, 0.15) is 6.23 Å². The molecule has 3 saturated carbocycles. The molecule has 1 amide bonds. The van der Waals surface area contributed by atoms with Gasteiger partial charge in [0.15, 0.2) is 0 Å². The van der Waals surface area contributed by atoms with Gasteiger partial charge in [-0.05, 0) is 74.5 Å². The van der Waals surface area contributed by atoms with Gasteiger partial charge in [-0.3, -0.25) is 4.79 Å². The molecule has 1 aromatic carbocycles. The first-order chi connectivity index (χ1) is 13.1. The molecule has 3 fully saturated rings. The van der Waals surface area contributed by atoms with E-state index in [0.29, 0.717) is 12.0 Å². The third kappa shape index (κ3) is 4.58. The van der Waals surface area contributed by atoms with Crippen LogP contribution >= 0.6 is 15.9 Å². The van der Waals surface area contributed by atoms with Crippen molar-refractivity contribution in [1.29, 1.82) is 0 Å². The van der Waals surface area contributed by atoms with E-state index in [1.807, 2.05) is 19.2 Å². The summed E-state index contributed by atoms with van der Waals surface area (Å²) in [7, 11) is 1.44. The molecule has 27 heavy (non-hydrogen) atoms. The van der Waals surface area contributed by atoms with Crippen molar-refractivity contribution >= 4 is 29.5 Å². The van der Waals surface area contributed by atoms with Crippen LogP contribution < -0.4 is 5.32 Å². The Morgan fingerprint density at radius 3 is 2.37 bits per heavy atom. The normalized spacial score (nSPS) is 28.0. The monoisotopic (exact) mass is 437 g/mol. The van der Waals surface area contributed by atoms with Crippen molar-refractivity contribution in [2.24, 2.45) is 0 Å². The van der Waals surface area contributed by atoms with Gasteiger partial charge in [-0.15, -0.1) is 0 Å². The molecule has 3 aliphatic rings. The number of carbonyl (C=O) groups is 1. The topological polar surface area (TPSA) is 67.8 Å². The van der Waals surface area contributed by atoms with Crippen LogP contribution in [0.1, 0.15) is 67.3 Å². The third-order valence-corrected chi connectivity index (χ3v) is 7.10. The number of methoxy groups -OCH3 is 1. The highest BCUT2D eigenvalue weighted by Gasteiger charge is 2.49. The molecule has 148 valence electrons. The number of halogens is 1. The number of amides is 1. The van der Waals surface area contributed by atoms with Gasteiger partial charge in [0.2, 0.25) is 0 Å². The Balaban J connectivity index is 1.64. The van der Waals surface area contributed by atoms with E-state index < -0.39 is 13.9 Å². The predicted molar refractivity (Wildman–Crippen MR) is 110 cm³/mol. The lowest BCUT2D eigenvalue weighted by molar-refractivity contribution is -0.0955. The van der Waals surface area contributed by atoms with Gasteiger partial charge in [-0.2, -0.15) is 0 Å². The minimum atomic E-state index is -0.475. The fourth-order valence-corrected chi connectivity index (χ4v) is 4.97. The van der Waals surface area contributed by atoms with Gasteiger partial charge in [0.25, 0.3) is 5.91 Å². The molecule has 1 atom stereocenters. The van der Waals surface area contributed by atoms with Gasteiger partial charge in [0, 0.05) is 18.0 Å². The number of alkyl halides is 1. The Hall–Kier alpha value is -0.885. The average molecular weight is 438 g/mol. The molecule has 1 aromatic rings. The number of carbonyl (C=O) groups excluding carboxylic acids is 1. The van der Waals surface area contributed by atoms with Gasteiger partial charge in [-0.1, -0.05) is 28.1 Å². The molecule has 0 saturated heterocycles. The molecule has 0 unspecified atom stereocenters. The average Bonchev–Trinajstić information content (AvgIpc) is 2.73. The van der Waals surface area contributed by atoms with Crippen LogP contribution in [-0.4, -0.2) is 42.9 Å². The molecule has 4 rings (SSSR count). The quantitative estimate of drug-likeness (QED) is 0.353. The Bertz CT molecular complexity index is 615. The molecule has 0 radical (unpaired) electrons. The summed E-state index contributed by atoms with van der Waals surface area (Å²) in [6, 6.07) is 8.04. The van der Waals surface area contributed by atoms with E-state index >= 15 is 0 Å². The number of hydrogen-bond donors (Lipinski definition) is 2. The Morgan fingerprint density at radius 2 is 1.85 bits per heavy atom. The number of benzene rings is 1. The molecule has 0 aliphatic heterocycles. The highest BCUT2D eigenvalue weighted by molar-refractivity contribution is 9.09.